The average Bonchev–Trinajstić information content (AvgIpc) is 3.73. The molecule has 0 aromatic heterocycles. The summed E-state index contributed by atoms with van der Waals surface area (Å²) in [6, 6.07) is -5.30. The second-order valence-electron chi connectivity index (χ2n) is 17.1. The number of aliphatic hydroxyl groups is 2. The van der Waals surface area contributed by atoms with Gasteiger partial charge >= 0.3 is 11.9 Å². The number of halogens is 3. The molecule has 8 N–H and O–H groups in total. The van der Waals surface area contributed by atoms with Gasteiger partial charge in [0.05, 0.1) is 40.2 Å². The van der Waals surface area contributed by atoms with E-state index in [1.54, 1.807) is 27.7 Å². The number of rotatable bonds is 6. The van der Waals surface area contributed by atoms with Crippen molar-refractivity contribution in [2.24, 2.45) is 10.8 Å². The molecule has 1 aromatic rings. The molecular weight excluding hydrogens is 841 g/mol. The molecule has 4 fully saturated rings. The highest BCUT2D eigenvalue weighted by molar-refractivity contribution is 6.44. The number of carboxylic acids is 1. The highest BCUT2D eigenvalue weighted by Gasteiger charge is 2.63. The number of aliphatic carboxylic acids is 1. The lowest BCUT2D eigenvalue weighted by molar-refractivity contribution is -0.176. The van der Waals surface area contributed by atoms with E-state index in [4.69, 9.17) is 44.3 Å². The van der Waals surface area contributed by atoms with Gasteiger partial charge < -0.3 is 51.0 Å². The van der Waals surface area contributed by atoms with Gasteiger partial charge in [0, 0.05) is 31.1 Å². The Labute approximate surface area is 354 Å². The van der Waals surface area contributed by atoms with Crippen LogP contribution in [-0.2, 0) is 48.6 Å². The quantitative estimate of drug-likeness (QED) is 0.138. The molecule has 0 bridgehead atoms. The monoisotopic (exact) mass is 887 g/mol. The maximum atomic E-state index is 14.9. The highest BCUT2D eigenvalue weighted by Crippen LogP contribution is 2.53. The molecule has 3 saturated heterocycles. The van der Waals surface area contributed by atoms with Crippen LogP contribution < -0.4 is 26.7 Å². The normalized spacial score (nSPS) is 33.1. The van der Waals surface area contributed by atoms with E-state index in [1.807, 2.05) is 0 Å². The maximum Gasteiger partial charge on any atom is 0.330 e. The fraction of sp³-hybridized carbons (Fsp3) is 0.649. The van der Waals surface area contributed by atoms with Crippen molar-refractivity contribution in [3.63, 3.8) is 0 Å². The number of hydrogen-bond donors (Lipinski definition) is 8. The molecule has 5 amide bonds. The van der Waals surface area contributed by atoms with Crippen molar-refractivity contribution in [3.8, 4) is 0 Å². The van der Waals surface area contributed by atoms with E-state index in [2.05, 4.69) is 26.7 Å². The number of cyclic esters (lactones) is 1. The van der Waals surface area contributed by atoms with Crippen LogP contribution in [0.1, 0.15) is 65.4 Å². The summed E-state index contributed by atoms with van der Waals surface area (Å²) in [7, 11) is 1.21. The molecule has 4 aliphatic heterocycles. The second-order valence-corrected chi connectivity index (χ2v) is 18.5. The first kappa shape index (κ1) is 44.6. The fourth-order valence-electron chi connectivity index (χ4n) is 8.05. The number of methoxy groups -OCH3 is 1. The first-order valence-corrected chi connectivity index (χ1v) is 20.2. The number of alkyl halides is 1. The molecule has 6 rings (SSSR count). The summed E-state index contributed by atoms with van der Waals surface area (Å²) in [6.45, 7) is 6.18. The molecule has 22 heteroatoms. The van der Waals surface area contributed by atoms with E-state index >= 15 is 0 Å². The van der Waals surface area contributed by atoms with Crippen LogP contribution in [-0.4, -0.2) is 141 Å². The molecule has 1 saturated carbocycles. The van der Waals surface area contributed by atoms with Gasteiger partial charge in [-0.25, -0.2) is 10.2 Å². The Hall–Kier alpha value is -3.98. The number of carbonyl (C=O) groups is 7. The number of hydrazine groups is 1. The van der Waals surface area contributed by atoms with Crippen molar-refractivity contribution in [1.29, 1.82) is 0 Å². The molecular formula is C37H48Cl3N7O12. The zero-order valence-corrected chi connectivity index (χ0v) is 35.1. The summed E-state index contributed by atoms with van der Waals surface area (Å²) in [5.41, 5.74) is -0.899. The van der Waals surface area contributed by atoms with Crippen molar-refractivity contribution < 1.29 is 58.4 Å². The molecule has 19 nitrogen and oxygen atoms in total. The minimum atomic E-state index is -2.14. The van der Waals surface area contributed by atoms with Gasteiger partial charge in [0.2, 0.25) is 23.6 Å². The van der Waals surface area contributed by atoms with Gasteiger partial charge in [-0.05, 0) is 30.7 Å². The van der Waals surface area contributed by atoms with Gasteiger partial charge in [0.1, 0.15) is 42.0 Å². The number of hydrogen-bond acceptors (Lipinski definition) is 13. The van der Waals surface area contributed by atoms with Crippen LogP contribution in [0.15, 0.2) is 12.1 Å². The summed E-state index contributed by atoms with van der Waals surface area (Å²) in [4.78, 5) is 99.1. The molecule has 324 valence electrons. The number of carbonyl (C=O) groups excluding carboxylic acids is 6. The van der Waals surface area contributed by atoms with Crippen molar-refractivity contribution in [2.45, 2.75) is 119 Å². The van der Waals surface area contributed by atoms with Gasteiger partial charge in [-0.1, -0.05) is 57.0 Å². The molecule has 0 radical (unpaired) electrons. The number of nitrogens with zero attached hydrogens (tertiary/aromatic N) is 2. The average molecular weight is 889 g/mol. The molecule has 1 aromatic carbocycles. The number of amides is 5. The van der Waals surface area contributed by atoms with Gasteiger partial charge in [-0.15, -0.1) is 11.6 Å². The summed E-state index contributed by atoms with van der Waals surface area (Å²) in [5, 5.41) is 44.2. The van der Waals surface area contributed by atoms with E-state index in [-0.39, 0.29) is 34.3 Å². The minimum absolute atomic E-state index is 0.0182. The summed E-state index contributed by atoms with van der Waals surface area (Å²) in [6.07, 6.45) is -5.97. The standard InChI is InChI=1S/C37H48Cl3N7O12/c1-35(2,3)27-32(55)47-19(10-15(38)13-41-47)29(52)42-18(14-58-5)28(51)43-25(21(48)11-22(49)50)31(54)46-20(30(53)45-26(33(56)59-27)36(4)8-9-36)12-37(57)16-6-7-17(39)23(40)24(16)44-34(37)46/h6-7,15,18-21,25-27,34,41,44,48,57H,8-14H2,1-5H3,(H,42,52)(H,43,51)(H,45,53)(H,49,50)/t15-,18-,19+,20+,21+,25+,26+,27-,34+,37-/m1/s1. The Bertz CT molecular complexity index is 1930. The largest absolute Gasteiger partial charge is 0.481 e. The first-order chi connectivity index (χ1) is 27.5. The molecule has 5 aliphatic rings. The van der Waals surface area contributed by atoms with E-state index in [0.29, 0.717) is 12.8 Å². The SMILES string of the molecule is COC[C@H]1NC(=O)[C@@H]2C[C@@H](Cl)CNN2C(=O)[C@H](C(C)(C)C)OC(=O)[C@@H](C2(C)CC2)NC(=O)[C@@H]2C[C@@]3(O)c4ccc(Cl)c(Cl)c4N[C@H]3N2C(=O)[C@H]([C@@H](O)CC(=O)O)NC1=O. The van der Waals surface area contributed by atoms with E-state index in [9.17, 15) is 48.9 Å². The van der Waals surface area contributed by atoms with Crippen LogP contribution in [0.25, 0.3) is 0 Å². The van der Waals surface area contributed by atoms with E-state index < -0.39 is 131 Å². The van der Waals surface area contributed by atoms with Crippen LogP contribution in [0, 0.1) is 10.8 Å². The van der Waals surface area contributed by atoms with Gasteiger partial charge in [-0.3, -0.25) is 33.8 Å². The van der Waals surface area contributed by atoms with E-state index in [0.717, 1.165) is 9.91 Å². The molecule has 4 heterocycles. The third kappa shape index (κ3) is 8.52. The summed E-state index contributed by atoms with van der Waals surface area (Å²) < 4.78 is 11.2. The number of aliphatic hydroxyl groups excluding tert-OH is 1. The summed E-state index contributed by atoms with van der Waals surface area (Å²) >= 11 is 19.2. The Morgan fingerprint density at radius 2 is 1.66 bits per heavy atom. The third-order valence-electron chi connectivity index (χ3n) is 11.6. The van der Waals surface area contributed by atoms with Crippen molar-refractivity contribution in [2.75, 3.05) is 25.6 Å². The topological polar surface area (TPSA) is 265 Å². The Morgan fingerprint density at radius 3 is 2.27 bits per heavy atom. The van der Waals surface area contributed by atoms with Crippen molar-refractivity contribution in [1.82, 2.24) is 31.3 Å². The zero-order valence-electron chi connectivity index (χ0n) is 32.8. The predicted octanol–water partition coefficient (Wildman–Crippen LogP) is -0.0456. The van der Waals surface area contributed by atoms with Crippen molar-refractivity contribution in [3.05, 3.63) is 27.7 Å². The van der Waals surface area contributed by atoms with Gasteiger partial charge in [0.15, 0.2) is 6.10 Å². The molecule has 1 aliphatic carbocycles. The van der Waals surface area contributed by atoms with Crippen LogP contribution in [0.4, 0.5) is 5.69 Å². The molecule has 0 unspecified atom stereocenters. The second kappa shape index (κ2) is 16.5. The molecule has 10 atom stereocenters. The zero-order chi connectivity index (χ0) is 43.5. The lowest BCUT2D eigenvalue weighted by Gasteiger charge is -2.42. The number of nitrogens with one attached hydrogen (secondary N) is 5. The van der Waals surface area contributed by atoms with Crippen LogP contribution >= 0.6 is 34.8 Å². The van der Waals surface area contributed by atoms with Crippen LogP contribution in [0.3, 0.4) is 0 Å². The lowest BCUT2D eigenvalue weighted by atomic mass is 9.87. The number of ether oxygens (including phenoxy) is 2. The summed E-state index contributed by atoms with van der Waals surface area (Å²) in [5.74, 6) is -7.55. The Kier molecular flexibility index (Phi) is 12.4. The van der Waals surface area contributed by atoms with Gasteiger partial charge in [-0.2, -0.15) is 0 Å². The third-order valence-corrected chi connectivity index (χ3v) is 12.7. The fourth-order valence-corrected chi connectivity index (χ4v) is 8.66. The van der Waals surface area contributed by atoms with Gasteiger partial charge in [0.25, 0.3) is 5.91 Å². The number of anilines is 1. The van der Waals surface area contributed by atoms with Crippen molar-refractivity contribution >= 4 is 82.0 Å². The predicted molar refractivity (Wildman–Crippen MR) is 209 cm³/mol. The highest BCUT2D eigenvalue weighted by atomic mass is 35.5. The lowest BCUT2D eigenvalue weighted by Crippen LogP contribution is -2.67. The number of esters is 1. The van der Waals surface area contributed by atoms with Crippen LogP contribution in [0.5, 0.6) is 0 Å². The Balaban J connectivity index is 1.49. The smallest absolute Gasteiger partial charge is 0.330 e. The molecule has 0 spiro atoms. The molecule has 59 heavy (non-hydrogen) atoms. The minimum Gasteiger partial charge on any atom is -0.481 e. The Morgan fingerprint density at radius 1 is 1.00 bits per heavy atom. The first-order valence-electron chi connectivity index (χ1n) is 19.0. The number of fused-ring (bicyclic) bond motifs is 6. The van der Waals surface area contributed by atoms with Crippen LogP contribution in [0.2, 0.25) is 10.0 Å². The number of carboxylic acid groups (broad SMARTS) is 1. The number of benzene rings is 1. The van der Waals surface area contributed by atoms with E-state index in [1.165, 1.54) is 19.2 Å². The maximum absolute atomic E-state index is 14.9.